The number of hydrogen-bond donors (Lipinski definition) is 0. The van der Waals surface area contributed by atoms with Crippen LogP contribution < -0.4 is 0 Å². The normalized spacial score (nSPS) is 8.76. The lowest BCUT2D eigenvalue weighted by molar-refractivity contribution is 0.469. The first kappa shape index (κ1) is 42.7. The van der Waals surface area contributed by atoms with Gasteiger partial charge in [-0.2, -0.15) is 0 Å². The first-order chi connectivity index (χ1) is 6.47. The van der Waals surface area contributed by atoms with E-state index in [2.05, 4.69) is 43.7 Å². The van der Waals surface area contributed by atoms with E-state index in [1.54, 1.807) is 6.33 Å². The standard InChI is InChI=1S/C7H6N2.C5H12.7CH4/c1-2-6-4-8-5-9-7(6)3-1;1-5(2,3)4;;;;;;;/h1,3-5H,2H2;1-4H3;7*1H4. The number of fused-ring (bicyclic) bond motifs is 1. The van der Waals surface area contributed by atoms with Gasteiger partial charge in [0.15, 0.2) is 0 Å². The minimum atomic E-state index is 0. The van der Waals surface area contributed by atoms with Crippen LogP contribution in [0.5, 0.6) is 0 Å². The third kappa shape index (κ3) is 21.3. The molecule has 2 rings (SSSR count). The lowest BCUT2D eigenvalue weighted by Crippen LogP contribution is -1.93. The zero-order valence-electron chi connectivity index (χ0n) is 9.41. The van der Waals surface area contributed by atoms with Gasteiger partial charge in [-0.3, -0.25) is 0 Å². The summed E-state index contributed by atoms with van der Waals surface area (Å²) in [4.78, 5) is 7.97. The van der Waals surface area contributed by atoms with Crippen molar-refractivity contribution in [1.29, 1.82) is 0 Å². The average Bonchev–Trinajstić information content (AvgIpc) is 2.47. The quantitative estimate of drug-likeness (QED) is 0.494. The molecule has 21 heavy (non-hydrogen) atoms. The van der Waals surface area contributed by atoms with E-state index in [-0.39, 0.29) is 52.0 Å². The molecule has 0 saturated heterocycles. The molecule has 0 aromatic carbocycles. The van der Waals surface area contributed by atoms with Crippen LogP contribution in [-0.2, 0) is 6.42 Å². The molecule has 2 heteroatoms. The van der Waals surface area contributed by atoms with Gasteiger partial charge in [0.25, 0.3) is 0 Å². The zero-order valence-corrected chi connectivity index (χ0v) is 9.41. The molecule has 0 atom stereocenters. The molecule has 132 valence electrons. The fourth-order valence-corrected chi connectivity index (χ4v) is 0.973. The Morgan fingerprint density at radius 1 is 0.857 bits per heavy atom. The van der Waals surface area contributed by atoms with Crippen molar-refractivity contribution in [3.05, 3.63) is 29.9 Å². The molecule has 1 aromatic rings. The third-order valence-corrected chi connectivity index (χ3v) is 1.44. The van der Waals surface area contributed by atoms with Crippen molar-refractivity contribution in [2.24, 2.45) is 5.41 Å². The average molecular weight is 303 g/mol. The number of hydrogen-bond acceptors (Lipinski definition) is 2. The summed E-state index contributed by atoms with van der Waals surface area (Å²) in [6.07, 6.45) is 8.56. The maximum atomic E-state index is 4.06. The summed E-state index contributed by atoms with van der Waals surface area (Å²) in [5.41, 5.74) is 2.81. The van der Waals surface area contributed by atoms with Crippen molar-refractivity contribution in [3.63, 3.8) is 0 Å². The Labute approximate surface area is 138 Å². The summed E-state index contributed by atoms with van der Waals surface area (Å²) in [5, 5.41) is 0. The van der Waals surface area contributed by atoms with Gasteiger partial charge >= 0.3 is 0 Å². The van der Waals surface area contributed by atoms with Crippen LogP contribution in [0.4, 0.5) is 0 Å². The lowest BCUT2D eigenvalue weighted by atomic mass is 10.0. The zero-order chi connectivity index (χ0) is 10.6. The van der Waals surface area contributed by atoms with Crippen LogP contribution in [0.15, 0.2) is 18.6 Å². The predicted molar refractivity (Wildman–Crippen MR) is 107 cm³/mol. The molecular formula is C19H46N2. The molecule has 0 spiro atoms. The van der Waals surface area contributed by atoms with Gasteiger partial charge in [0.2, 0.25) is 0 Å². The van der Waals surface area contributed by atoms with E-state index in [4.69, 9.17) is 0 Å². The van der Waals surface area contributed by atoms with E-state index < -0.39 is 0 Å². The number of nitrogens with zero attached hydrogens (tertiary/aromatic N) is 2. The van der Waals surface area contributed by atoms with Crippen molar-refractivity contribution >= 4 is 6.08 Å². The van der Waals surface area contributed by atoms with Gasteiger partial charge in [0.1, 0.15) is 6.33 Å². The van der Waals surface area contributed by atoms with Gasteiger partial charge in [-0.1, -0.05) is 85.8 Å². The Kier molecular flexibility index (Phi) is 38.3. The van der Waals surface area contributed by atoms with Crippen LogP contribution in [0.2, 0.25) is 0 Å². The van der Waals surface area contributed by atoms with E-state index in [0.717, 1.165) is 12.1 Å². The number of aromatic nitrogens is 2. The Bertz CT molecular complexity index is 317. The third-order valence-electron chi connectivity index (χ3n) is 1.44. The second-order valence-electron chi connectivity index (χ2n) is 5.04. The maximum Gasteiger partial charge on any atom is 0.116 e. The number of allylic oxidation sites excluding steroid dienone is 1. The highest BCUT2D eigenvalue weighted by Gasteiger charge is 2.02. The van der Waals surface area contributed by atoms with Crippen molar-refractivity contribution in [2.75, 3.05) is 0 Å². The summed E-state index contributed by atoms with van der Waals surface area (Å²) in [7, 11) is 0. The van der Waals surface area contributed by atoms with Crippen LogP contribution in [0.3, 0.4) is 0 Å². The van der Waals surface area contributed by atoms with Crippen LogP contribution >= 0.6 is 0 Å². The summed E-state index contributed by atoms with van der Waals surface area (Å²) >= 11 is 0. The molecule has 1 aromatic heterocycles. The molecular weight excluding hydrogens is 256 g/mol. The molecule has 0 unspecified atom stereocenters. The molecule has 1 aliphatic carbocycles. The van der Waals surface area contributed by atoms with Crippen LogP contribution in [0, 0.1) is 5.41 Å². The Morgan fingerprint density at radius 3 is 1.67 bits per heavy atom. The largest absolute Gasteiger partial charge is 0.244 e. The fourth-order valence-electron chi connectivity index (χ4n) is 0.973. The van der Waals surface area contributed by atoms with E-state index in [1.165, 1.54) is 5.56 Å². The van der Waals surface area contributed by atoms with Crippen LogP contribution in [-0.4, -0.2) is 9.97 Å². The molecule has 2 nitrogen and oxygen atoms in total. The molecule has 1 aliphatic rings. The van der Waals surface area contributed by atoms with Crippen molar-refractivity contribution in [3.8, 4) is 0 Å². The van der Waals surface area contributed by atoms with Crippen molar-refractivity contribution < 1.29 is 0 Å². The van der Waals surface area contributed by atoms with Gasteiger partial charge < -0.3 is 0 Å². The second kappa shape index (κ2) is 18.8. The van der Waals surface area contributed by atoms with E-state index in [9.17, 15) is 0 Å². The van der Waals surface area contributed by atoms with Crippen molar-refractivity contribution in [1.82, 2.24) is 9.97 Å². The first-order valence-electron chi connectivity index (χ1n) is 4.92. The maximum absolute atomic E-state index is 4.06. The van der Waals surface area contributed by atoms with Crippen LogP contribution in [0.25, 0.3) is 6.08 Å². The molecule has 0 fully saturated rings. The molecule has 0 N–H and O–H groups in total. The molecule has 0 radical (unpaired) electrons. The minimum Gasteiger partial charge on any atom is -0.244 e. The lowest BCUT2D eigenvalue weighted by Gasteiger charge is -2.05. The van der Waals surface area contributed by atoms with E-state index in [1.807, 2.05) is 12.3 Å². The Balaban J connectivity index is -0.0000000303. The Morgan fingerprint density at radius 2 is 1.29 bits per heavy atom. The second-order valence-corrected chi connectivity index (χ2v) is 5.04. The fraction of sp³-hybridized carbons (Fsp3) is 0.684. The highest BCUT2D eigenvalue weighted by molar-refractivity contribution is 5.54. The van der Waals surface area contributed by atoms with Crippen molar-refractivity contribution in [2.45, 2.75) is 86.1 Å². The summed E-state index contributed by atoms with van der Waals surface area (Å²) in [5.74, 6) is 0. The molecule has 0 saturated carbocycles. The molecule has 0 bridgehead atoms. The van der Waals surface area contributed by atoms with E-state index in [0.29, 0.717) is 5.41 Å². The SMILES string of the molecule is C.C.C.C.C.C.C.C1=Cc2ncncc2C1.CC(C)(C)C. The van der Waals surface area contributed by atoms with Gasteiger partial charge in [-0.25, -0.2) is 9.97 Å². The van der Waals surface area contributed by atoms with E-state index >= 15 is 0 Å². The van der Waals surface area contributed by atoms with Gasteiger partial charge in [0, 0.05) is 6.20 Å². The van der Waals surface area contributed by atoms with Crippen LogP contribution in [0.1, 0.15) is 90.9 Å². The highest BCUT2D eigenvalue weighted by Crippen LogP contribution is 2.13. The molecule has 1 heterocycles. The van der Waals surface area contributed by atoms with Gasteiger partial charge in [0.05, 0.1) is 5.69 Å². The Hall–Kier alpha value is -1.18. The van der Waals surface area contributed by atoms with Gasteiger partial charge in [-0.15, -0.1) is 0 Å². The monoisotopic (exact) mass is 302 g/mol. The first-order valence-corrected chi connectivity index (χ1v) is 4.92. The summed E-state index contributed by atoms with van der Waals surface area (Å²) in [6, 6.07) is 0. The predicted octanol–water partition coefficient (Wildman–Crippen LogP) is 7.55. The highest BCUT2D eigenvalue weighted by atomic mass is 14.8. The van der Waals surface area contributed by atoms with Gasteiger partial charge in [-0.05, 0) is 23.5 Å². The number of rotatable bonds is 0. The molecule has 0 aliphatic heterocycles. The topological polar surface area (TPSA) is 25.8 Å². The summed E-state index contributed by atoms with van der Waals surface area (Å²) in [6.45, 7) is 8.75. The summed E-state index contributed by atoms with van der Waals surface area (Å²) < 4.78 is 0. The minimum absolute atomic E-state index is 0. The smallest absolute Gasteiger partial charge is 0.116 e. The molecule has 0 amide bonds.